The number of amides is 1. The molecule has 0 aliphatic carbocycles. The Kier molecular flexibility index (Phi) is 6.09. The number of rotatable bonds is 7. The summed E-state index contributed by atoms with van der Waals surface area (Å²) in [6, 6.07) is 13.7. The number of thiophene rings is 1. The molecule has 1 aliphatic heterocycles. The summed E-state index contributed by atoms with van der Waals surface area (Å²) in [5, 5.41) is 11.6. The van der Waals surface area contributed by atoms with Crippen LogP contribution in [-0.4, -0.2) is 46.2 Å². The van der Waals surface area contributed by atoms with Crippen molar-refractivity contribution in [3.63, 3.8) is 0 Å². The number of thioether (sulfide) groups is 1. The summed E-state index contributed by atoms with van der Waals surface area (Å²) < 4.78 is 7.92. The number of hydrogen-bond acceptors (Lipinski definition) is 6. The Morgan fingerprint density at radius 1 is 1.29 bits per heavy atom. The van der Waals surface area contributed by atoms with Gasteiger partial charge in [-0.3, -0.25) is 9.36 Å². The minimum absolute atomic E-state index is 0.0283. The molecular formula is C20H22N4O2S2. The number of aromatic nitrogens is 3. The molecule has 3 heterocycles. The van der Waals surface area contributed by atoms with Crippen molar-refractivity contribution in [1.29, 1.82) is 0 Å². The molecule has 1 saturated heterocycles. The molecule has 146 valence electrons. The highest BCUT2D eigenvalue weighted by molar-refractivity contribution is 7.99. The summed E-state index contributed by atoms with van der Waals surface area (Å²) in [6.07, 6.45) is 2.31. The van der Waals surface area contributed by atoms with Crippen LogP contribution in [0.3, 0.4) is 0 Å². The van der Waals surface area contributed by atoms with Crippen molar-refractivity contribution >= 4 is 34.7 Å². The van der Waals surface area contributed by atoms with E-state index in [1.54, 1.807) is 23.3 Å². The van der Waals surface area contributed by atoms with Gasteiger partial charge >= 0.3 is 0 Å². The number of ether oxygens (including phenoxy) is 1. The monoisotopic (exact) mass is 414 g/mol. The number of para-hydroxylation sites is 1. The first kappa shape index (κ1) is 19.2. The third-order valence-electron chi connectivity index (χ3n) is 4.71. The largest absolute Gasteiger partial charge is 0.376 e. The smallest absolute Gasteiger partial charge is 0.237 e. The quantitative estimate of drug-likeness (QED) is 0.548. The Morgan fingerprint density at radius 2 is 2.14 bits per heavy atom. The van der Waals surface area contributed by atoms with E-state index >= 15 is 0 Å². The van der Waals surface area contributed by atoms with Crippen molar-refractivity contribution in [2.24, 2.45) is 0 Å². The Morgan fingerprint density at radius 3 is 2.86 bits per heavy atom. The average molecular weight is 415 g/mol. The van der Waals surface area contributed by atoms with Gasteiger partial charge in [0.2, 0.25) is 5.91 Å². The van der Waals surface area contributed by atoms with Crippen molar-refractivity contribution in [3.05, 3.63) is 47.8 Å². The predicted octanol–water partition coefficient (Wildman–Crippen LogP) is 3.94. The molecule has 0 bridgehead atoms. The fourth-order valence-electron chi connectivity index (χ4n) is 3.16. The van der Waals surface area contributed by atoms with Crippen molar-refractivity contribution in [1.82, 2.24) is 14.8 Å². The van der Waals surface area contributed by atoms with Gasteiger partial charge in [0.05, 0.1) is 23.3 Å². The van der Waals surface area contributed by atoms with Gasteiger partial charge in [-0.25, -0.2) is 0 Å². The molecule has 0 unspecified atom stereocenters. The van der Waals surface area contributed by atoms with Crippen LogP contribution >= 0.6 is 23.1 Å². The minimum Gasteiger partial charge on any atom is -0.376 e. The van der Waals surface area contributed by atoms with Crippen LogP contribution < -0.4 is 4.90 Å². The van der Waals surface area contributed by atoms with Gasteiger partial charge in [-0.05, 0) is 36.4 Å². The molecule has 0 saturated carbocycles. The van der Waals surface area contributed by atoms with Crippen LogP contribution in [-0.2, 0) is 16.1 Å². The lowest BCUT2D eigenvalue weighted by molar-refractivity contribution is -0.115. The van der Waals surface area contributed by atoms with Crippen molar-refractivity contribution < 1.29 is 9.53 Å². The highest BCUT2D eigenvalue weighted by atomic mass is 32.2. The number of carbonyl (C=O) groups excluding carboxylic acids is 1. The molecule has 6 nitrogen and oxygen atoms in total. The maximum absolute atomic E-state index is 12.6. The van der Waals surface area contributed by atoms with Crippen molar-refractivity contribution in [3.8, 4) is 10.7 Å². The van der Waals surface area contributed by atoms with E-state index in [0.717, 1.165) is 41.0 Å². The first-order valence-corrected chi connectivity index (χ1v) is 11.1. The van der Waals surface area contributed by atoms with Gasteiger partial charge in [-0.1, -0.05) is 36.0 Å². The summed E-state index contributed by atoms with van der Waals surface area (Å²) in [7, 11) is 1.80. The third-order valence-corrected chi connectivity index (χ3v) is 6.53. The number of anilines is 1. The first-order valence-electron chi connectivity index (χ1n) is 9.25. The molecule has 0 N–H and O–H groups in total. The molecule has 4 rings (SSSR count). The van der Waals surface area contributed by atoms with Crippen LogP contribution in [0.25, 0.3) is 10.7 Å². The van der Waals surface area contributed by atoms with Crippen molar-refractivity contribution in [2.45, 2.75) is 30.6 Å². The first-order chi connectivity index (χ1) is 13.7. The highest BCUT2D eigenvalue weighted by Gasteiger charge is 2.23. The van der Waals surface area contributed by atoms with E-state index in [-0.39, 0.29) is 12.0 Å². The zero-order valence-electron chi connectivity index (χ0n) is 15.7. The normalized spacial score (nSPS) is 16.4. The standard InChI is InChI=1S/C20H22N4O2S2/c1-23(15-7-3-2-4-8-15)18(25)14-28-20-22-21-19(17-10-6-12-27-17)24(20)13-16-9-5-11-26-16/h2-4,6-8,10,12,16H,5,9,11,13-14H2,1H3/t16-/m1/s1. The Balaban J connectivity index is 1.50. The second-order valence-corrected chi connectivity index (χ2v) is 8.50. The topological polar surface area (TPSA) is 60.2 Å². The summed E-state index contributed by atoms with van der Waals surface area (Å²) in [5.74, 6) is 1.18. The number of benzene rings is 1. The molecule has 8 heteroatoms. The Bertz CT molecular complexity index is 906. The lowest BCUT2D eigenvalue weighted by Crippen LogP contribution is -2.28. The van der Waals surface area contributed by atoms with E-state index in [2.05, 4.69) is 14.8 Å². The maximum atomic E-state index is 12.6. The minimum atomic E-state index is 0.0283. The van der Waals surface area contributed by atoms with Crippen LogP contribution in [0.5, 0.6) is 0 Å². The number of carbonyl (C=O) groups is 1. The molecule has 3 aromatic rings. The molecule has 1 aromatic carbocycles. The number of hydrogen-bond donors (Lipinski definition) is 0. The van der Waals surface area contributed by atoms with Gasteiger partial charge in [0.1, 0.15) is 0 Å². The van der Waals surface area contributed by atoms with Crippen LogP contribution in [0.15, 0.2) is 53.0 Å². The van der Waals surface area contributed by atoms with Crippen molar-refractivity contribution in [2.75, 3.05) is 24.3 Å². The van der Waals surface area contributed by atoms with Gasteiger partial charge in [-0.2, -0.15) is 0 Å². The number of nitrogens with zero attached hydrogens (tertiary/aromatic N) is 4. The van der Waals surface area contributed by atoms with Gasteiger partial charge in [0.15, 0.2) is 11.0 Å². The average Bonchev–Trinajstić information content (AvgIpc) is 3.49. The Labute approximate surface area is 172 Å². The van der Waals surface area contributed by atoms with Gasteiger partial charge in [0.25, 0.3) is 0 Å². The van der Waals surface area contributed by atoms with Crippen LogP contribution in [0.2, 0.25) is 0 Å². The summed E-state index contributed by atoms with van der Waals surface area (Å²) in [4.78, 5) is 15.4. The Hall–Kier alpha value is -2.16. The van der Waals surface area contributed by atoms with Crippen LogP contribution in [0.4, 0.5) is 5.69 Å². The zero-order chi connectivity index (χ0) is 19.3. The zero-order valence-corrected chi connectivity index (χ0v) is 17.3. The van der Waals surface area contributed by atoms with Crippen LogP contribution in [0, 0.1) is 0 Å². The molecule has 1 fully saturated rings. The van der Waals surface area contributed by atoms with E-state index in [9.17, 15) is 4.79 Å². The fourth-order valence-corrected chi connectivity index (χ4v) is 4.74. The molecule has 0 radical (unpaired) electrons. The maximum Gasteiger partial charge on any atom is 0.237 e. The second-order valence-electron chi connectivity index (χ2n) is 6.61. The highest BCUT2D eigenvalue weighted by Crippen LogP contribution is 2.29. The van der Waals surface area contributed by atoms with Gasteiger partial charge in [0, 0.05) is 19.3 Å². The lowest BCUT2D eigenvalue weighted by atomic mass is 10.2. The van der Waals surface area contributed by atoms with Gasteiger partial charge in [-0.15, -0.1) is 21.5 Å². The molecule has 28 heavy (non-hydrogen) atoms. The molecule has 2 aromatic heterocycles. The second kappa shape index (κ2) is 8.89. The van der Waals surface area contributed by atoms with E-state index < -0.39 is 0 Å². The molecule has 1 amide bonds. The van der Waals surface area contributed by atoms with Gasteiger partial charge < -0.3 is 9.64 Å². The molecule has 0 spiro atoms. The van der Waals surface area contributed by atoms with E-state index in [1.165, 1.54) is 11.8 Å². The molecule has 1 atom stereocenters. The SMILES string of the molecule is CN(C(=O)CSc1nnc(-c2cccs2)n1C[C@H]1CCCO1)c1ccccc1. The fraction of sp³-hybridized carbons (Fsp3) is 0.350. The van der Waals surface area contributed by atoms with E-state index in [4.69, 9.17) is 4.74 Å². The molecule has 1 aliphatic rings. The summed E-state index contributed by atoms with van der Waals surface area (Å²) in [5.41, 5.74) is 0.883. The predicted molar refractivity (Wildman–Crippen MR) is 113 cm³/mol. The van der Waals surface area contributed by atoms with E-state index in [1.807, 2.05) is 47.8 Å². The lowest BCUT2D eigenvalue weighted by Gasteiger charge is -2.17. The van der Waals surface area contributed by atoms with E-state index in [0.29, 0.717) is 12.3 Å². The third kappa shape index (κ3) is 4.29. The molecular weight excluding hydrogens is 392 g/mol. The summed E-state index contributed by atoms with van der Waals surface area (Å²) in [6.45, 7) is 1.52. The summed E-state index contributed by atoms with van der Waals surface area (Å²) >= 11 is 3.07. The van der Waals surface area contributed by atoms with Crippen LogP contribution in [0.1, 0.15) is 12.8 Å².